The van der Waals surface area contributed by atoms with Crippen LogP contribution < -0.4 is 10.0 Å². The Morgan fingerprint density at radius 3 is 2.52 bits per heavy atom. The van der Waals surface area contributed by atoms with E-state index < -0.39 is 10.0 Å². The normalized spacial score (nSPS) is 20.5. The molecule has 0 radical (unpaired) electrons. The Hall–Kier alpha value is -2.71. The lowest BCUT2D eigenvalue weighted by Gasteiger charge is -2.29. The fourth-order valence-corrected chi connectivity index (χ4v) is 5.53. The standard InChI is InChI=1S/C23H28N4O3S/c1-15(17-6-4-3-5-7-17)24-23(28)18-8-10-19(11-9-18)27-31(29,30)20-12-13-21-22(14-20)26-16(2)25-21/h3-7,12-15,18-19,27H,8-11H2,1-2H3,(H,24,28)(H,25,26)/t15-,18?,19?/m1/s1. The second kappa shape index (κ2) is 8.80. The second-order valence-electron chi connectivity index (χ2n) is 8.31. The highest BCUT2D eigenvalue weighted by molar-refractivity contribution is 7.89. The van der Waals surface area contributed by atoms with Gasteiger partial charge in [0, 0.05) is 12.0 Å². The average molecular weight is 441 g/mol. The van der Waals surface area contributed by atoms with Crippen molar-refractivity contribution in [2.75, 3.05) is 0 Å². The van der Waals surface area contributed by atoms with Crippen molar-refractivity contribution in [2.45, 2.75) is 56.5 Å². The molecule has 4 rings (SSSR count). The van der Waals surface area contributed by atoms with Crippen LogP contribution in [0.5, 0.6) is 0 Å². The molecule has 7 nitrogen and oxygen atoms in total. The number of aromatic amines is 1. The van der Waals surface area contributed by atoms with Crippen LogP contribution in [0, 0.1) is 12.8 Å². The Morgan fingerprint density at radius 2 is 1.81 bits per heavy atom. The molecule has 1 aliphatic carbocycles. The molecule has 1 saturated carbocycles. The largest absolute Gasteiger partial charge is 0.349 e. The number of hydrogen-bond donors (Lipinski definition) is 3. The summed E-state index contributed by atoms with van der Waals surface area (Å²) in [6.45, 7) is 3.81. The molecule has 1 heterocycles. The molecule has 31 heavy (non-hydrogen) atoms. The van der Waals surface area contributed by atoms with Crippen molar-refractivity contribution in [1.29, 1.82) is 0 Å². The molecule has 1 fully saturated rings. The third kappa shape index (κ3) is 4.97. The van der Waals surface area contributed by atoms with Gasteiger partial charge in [-0.2, -0.15) is 0 Å². The quantitative estimate of drug-likeness (QED) is 0.545. The zero-order chi connectivity index (χ0) is 22.0. The summed E-state index contributed by atoms with van der Waals surface area (Å²) >= 11 is 0. The summed E-state index contributed by atoms with van der Waals surface area (Å²) in [5.74, 6) is 0.699. The first kappa shape index (κ1) is 21.5. The van der Waals surface area contributed by atoms with E-state index in [0.717, 1.165) is 16.9 Å². The first-order valence-corrected chi connectivity index (χ1v) is 12.1. The number of benzene rings is 2. The molecule has 8 heteroatoms. The molecule has 0 saturated heterocycles. The number of H-pyrrole nitrogens is 1. The number of rotatable bonds is 6. The molecule has 1 aliphatic rings. The van der Waals surface area contributed by atoms with E-state index in [-0.39, 0.29) is 28.8 Å². The molecule has 1 atom stereocenters. The zero-order valence-corrected chi connectivity index (χ0v) is 18.6. The number of imidazole rings is 1. The van der Waals surface area contributed by atoms with Gasteiger partial charge in [0.2, 0.25) is 15.9 Å². The minimum atomic E-state index is -3.63. The first-order valence-electron chi connectivity index (χ1n) is 10.7. The van der Waals surface area contributed by atoms with E-state index in [1.54, 1.807) is 18.2 Å². The monoisotopic (exact) mass is 440 g/mol. The van der Waals surface area contributed by atoms with Crippen molar-refractivity contribution in [1.82, 2.24) is 20.0 Å². The van der Waals surface area contributed by atoms with Gasteiger partial charge in [0.25, 0.3) is 0 Å². The molecule has 1 amide bonds. The third-order valence-corrected chi connectivity index (χ3v) is 7.48. The summed E-state index contributed by atoms with van der Waals surface area (Å²) in [6.07, 6.45) is 2.61. The summed E-state index contributed by atoms with van der Waals surface area (Å²) in [4.78, 5) is 20.3. The maximum atomic E-state index is 12.8. The number of carbonyl (C=O) groups is 1. The Morgan fingerprint density at radius 1 is 1.10 bits per heavy atom. The van der Waals surface area contributed by atoms with Crippen LogP contribution in [0.1, 0.15) is 50.0 Å². The number of aryl methyl sites for hydroxylation is 1. The van der Waals surface area contributed by atoms with Gasteiger partial charge >= 0.3 is 0 Å². The van der Waals surface area contributed by atoms with Crippen molar-refractivity contribution >= 4 is 27.0 Å². The van der Waals surface area contributed by atoms with Crippen LogP contribution in [0.4, 0.5) is 0 Å². The molecule has 1 aromatic heterocycles. The van der Waals surface area contributed by atoms with Gasteiger partial charge in [0.1, 0.15) is 5.82 Å². The summed E-state index contributed by atoms with van der Waals surface area (Å²) in [7, 11) is -3.63. The lowest BCUT2D eigenvalue weighted by Crippen LogP contribution is -2.41. The zero-order valence-electron chi connectivity index (χ0n) is 17.8. The van der Waals surface area contributed by atoms with Gasteiger partial charge in [-0.05, 0) is 63.3 Å². The predicted molar refractivity (Wildman–Crippen MR) is 120 cm³/mol. The van der Waals surface area contributed by atoms with E-state index in [0.29, 0.717) is 31.2 Å². The SMILES string of the molecule is Cc1nc2ccc(S(=O)(=O)NC3CCC(C(=O)N[C@H](C)c4ccccc4)CC3)cc2[nH]1. The topological polar surface area (TPSA) is 104 Å². The van der Waals surface area contributed by atoms with Crippen molar-refractivity contribution in [3.63, 3.8) is 0 Å². The lowest BCUT2D eigenvalue weighted by molar-refractivity contribution is -0.126. The van der Waals surface area contributed by atoms with Gasteiger partial charge in [-0.15, -0.1) is 0 Å². The average Bonchev–Trinajstić information content (AvgIpc) is 3.13. The highest BCUT2D eigenvalue weighted by Crippen LogP contribution is 2.27. The van der Waals surface area contributed by atoms with Gasteiger partial charge in [-0.25, -0.2) is 18.1 Å². The minimum Gasteiger partial charge on any atom is -0.349 e. The van der Waals surface area contributed by atoms with Crippen LogP contribution in [0.2, 0.25) is 0 Å². The van der Waals surface area contributed by atoms with E-state index in [9.17, 15) is 13.2 Å². The Kier molecular flexibility index (Phi) is 6.11. The number of hydrogen-bond acceptors (Lipinski definition) is 4. The maximum Gasteiger partial charge on any atom is 0.240 e. The van der Waals surface area contributed by atoms with E-state index >= 15 is 0 Å². The van der Waals surface area contributed by atoms with Gasteiger partial charge in [-0.1, -0.05) is 30.3 Å². The van der Waals surface area contributed by atoms with Crippen LogP contribution in [0.25, 0.3) is 11.0 Å². The Balaban J connectivity index is 1.33. The van der Waals surface area contributed by atoms with Crippen LogP contribution in [-0.2, 0) is 14.8 Å². The molecule has 0 aliphatic heterocycles. The predicted octanol–water partition coefficient (Wildman–Crippen LogP) is 3.59. The Labute approximate surface area is 182 Å². The van der Waals surface area contributed by atoms with Crippen molar-refractivity contribution < 1.29 is 13.2 Å². The van der Waals surface area contributed by atoms with Crippen LogP contribution in [0.3, 0.4) is 0 Å². The summed E-state index contributed by atoms with van der Waals surface area (Å²) in [5.41, 5.74) is 2.52. The van der Waals surface area contributed by atoms with E-state index in [1.807, 2.05) is 44.2 Å². The van der Waals surface area contributed by atoms with Gasteiger partial charge in [0.05, 0.1) is 22.0 Å². The van der Waals surface area contributed by atoms with Crippen LogP contribution in [0.15, 0.2) is 53.4 Å². The van der Waals surface area contributed by atoms with E-state index in [4.69, 9.17) is 0 Å². The van der Waals surface area contributed by atoms with Gasteiger partial charge in [-0.3, -0.25) is 4.79 Å². The highest BCUT2D eigenvalue weighted by Gasteiger charge is 2.30. The molecule has 2 aromatic carbocycles. The minimum absolute atomic E-state index is 0.0396. The Bertz CT molecular complexity index is 1170. The smallest absolute Gasteiger partial charge is 0.240 e. The van der Waals surface area contributed by atoms with Crippen molar-refractivity contribution in [3.8, 4) is 0 Å². The van der Waals surface area contributed by atoms with E-state index in [2.05, 4.69) is 20.0 Å². The fraction of sp³-hybridized carbons (Fsp3) is 0.391. The molecule has 3 aromatic rings. The summed E-state index contributed by atoms with van der Waals surface area (Å²) in [6, 6.07) is 14.6. The van der Waals surface area contributed by atoms with Crippen molar-refractivity contribution in [2.24, 2.45) is 5.92 Å². The number of sulfonamides is 1. The first-order chi connectivity index (χ1) is 14.8. The number of nitrogens with one attached hydrogen (secondary N) is 3. The number of carbonyl (C=O) groups excluding carboxylic acids is 1. The molecule has 3 N–H and O–H groups in total. The van der Waals surface area contributed by atoms with Crippen LogP contribution >= 0.6 is 0 Å². The number of fused-ring (bicyclic) bond motifs is 1. The number of aromatic nitrogens is 2. The van der Waals surface area contributed by atoms with Gasteiger partial charge < -0.3 is 10.3 Å². The molecule has 164 valence electrons. The van der Waals surface area contributed by atoms with Gasteiger partial charge in [0.15, 0.2) is 0 Å². The van der Waals surface area contributed by atoms with E-state index in [1.165, 1.54) is 0 Å². The molecule has 0 unspecified atom stereocenters. The number of amides is 1. The lowest BCUT2D eigenvalue weighted by atomic mass is 9.85. The molecule has 0 bridgehead atoms. The number of nitrogens with zero attached hydrogens (tertiary/aromatic N) is 1. The molecular formula is C23H28N4O3S. The highest BCUT2D eigenvalue weighted by atomic mass is 32.2. The van der Waals surface area contributed by atoms with Crippen LogP contribution in [-0.4, -0.2) is 30.3 Å². The van der Waals surface area contributed by atoms with Crippen molar-refractivity contribution in [3.05, 3.63) is 59.9 Å². The fourth-order valence-electron chi connectivity index (χ4n) is 4.20. The molecule has 0 spiro atoms. The third-order valence-electron chi connectivity index (χ3n) is 5.96. The summed E-state index contributed by atoms with van der Waals surface area (Å²) < 4.78 is 28.5. The summed E-state index contributed by atoms with van der Waals surface area (Å²) in [5, 5.41) is 3.09. The second-order valence-corrected chi connectivity index (χ2v) is 10.0. The maximum absolute atomic E-state index is 12.8. The molecular weight excluding hydrogens is 412 g/mol.